The van der Waals surface area contributed by atoms with Crippen LogP contribution < -0.4 is 4.74 Å². The van der Waals surface area contributed by atoms with Crippen LogP contribution in [0.3, 0.4) is 0 Å². The van der Waals surface area contributed by atoms with Gasteiger partial charge in [-0.15, -0.1) is 0 Å². The number of nitrogens with zero attached hydrogens (tertiary/aromatic N) is 1. The van der Waals surface area contributed by atoms with Crippen LogP contribution in [0.25, 0.3) is 0 Å². The van der Waals surface area contributed by atoms with E-state index in [0.717, 1.165) is 11.1 Å². The average molecular weight is 293 g/mol. The van der Waals surface area contributed by atoms with Gasteiger partial charge in [-0.25, -0.2) is 0 Å². The fourth-order valence-electron chi connectivity index (χ4n) is 1.88. The van der Waals surface area contributed by atoms with Gasteiger partial charge >= 0.3 is 5.97 Å². The molecule has 1 aromatic rings. The second-order valence-electron chi connectivity index (χ2n) is 4.86. The van der Waals surface area contributed by atoms with Crippen LogP contribution in [0.15, 0.2) is 18.2 Å². The van der Waals surface area contributed by atoms with E-state index >= 15 is 0 Å². The Labute approximate surface area is 125 Å². The van der Waals surface area contributed by atoms with Crippen LogP contribution in [0.4, 0.5) is 0 Å². The first kappa shape index (κ1) is 17.0. The highest BCUT2D eigenvalue weighted by molar-refractivity contribution is 5.78. The fraction of sp³-hybridized carbons (Fsp3) is 0.500. The minimum Gasteiger partial charge on any atom is -0.483 e. The molecule has 1 rings (SSSR count). The zero-order valence-electron chi connectivity index (χ0n) is 13.1. The first-order valence-electron chi connectivity index (χ1n) is 7.02. The van der Waals surface area contributed by atoms with Crippen LogP contribution in [0.2, 0.25) is 0 Å². The van der Waals surface area contributed by atoms with Crippen LogP contribution in [0.1, 0.15) is 24.5 Å². The summed E-state index contributed by atoms with van der Waals surface area (Å²) in [5, 5.41) is 0. The molecular weight excluding hydrogens is 270 g/mol. The van der Waals surface area contributed by atoms with Crippen molar-refractivity contribution in [3.05, 3.63) is 29.3 Å². The number of hydrogen-bond donors (Lipinski definition) is 0. The van der Waals surface area contributed by atoms with Crippen molar-refractivity contribution in [3.63, 3.8) is 0 Å². The van der Waals surface area contributed by atoms with Crippen molar-refractivity contribution in [2.45, 2.75) is 27.2 Å². The molecule has 0 unspecified atom stereocenters. The molecular formula is C16H23NO4. The predicted octanol–water partition coefficient (Wildman–Crippen LogP) is 2.09. The molecule has 0 heterocycles. The molecule has 5 nitrogen and oxygen atoms in total. The molecule has 0 fully saturated rings. The van der Waals surface area contributed by atoms with Crippen molar-refractivity contribution in [2.24, 2.45) is 0 Å². The third-order valence-electron chi connectivity index (χ3n) is 3.24. The number of likely N-dealkylation sites (N-methyl/N-ethyl adjacent to an activating group) is 1. The molecule has 0 saturated carbocycles. The first-order valence-corrected chi connectivity index (χ1v) is 7.02. The molecule has 0 aliphatic carbocycles. The van der Waals surface area contributed by atoms with Gasteiger partial charge in [0.25, 0.3) is 5.91 Å². The Balaban J connectivity index is 2.54. The largest absolute Gasteiger partial charge is 0.483 e. The van der Waals surface area contributed by atoms with Crippen LogP contribution in [-0.2, 0) is 14.3 Å². The molecule has 0 bridgehead atoms. The van der Waals surface area contributed by atoms with Crippen molar-refractivity contribution in [3.8, 4) is 5.75 Å². The Morgan fingerprint density at radius 3 is 2.57 bits per heavy atom. The standard InChI is InChI=1S/C16H23NO4/c1-5-17(9-8-16(19)20-4)15(18)11-21-14-10-12(2)6-7-13(14)3/h6-7,10H,5,8-9,11H2,1-4H3. The van der Waals surface area contributed by atoms with Gasteiger partial charge in [0, 0.05) is 13.1 Å². The molecule has 21 heavy (non-hydrogen) atoms. The predicted molar refractivity (Wildman–Crippen MR) is 80.3 cm³/mol. The minimum absolute atomic E-state index is 0.0285. The molecule has 116 valence electrons. The number of amides is 1. The minimum atomic E-state index is -0.323. The van der Waals surface area contributed by atoms with Crippen LogP contribution in [-0.4, -0.2) is 43.6 Å². The van der Waals surface area contributed by atoms with Crippen LogP contribution in [0, 0.1) is 13.8 Å². The normalized spacial score (nSPS) is 10.1. The molecule has 5 heteroatoms. The summed E-state index contributed by atoms with van der Waals surface area (Å²) >= 11 is 0. The van der Waals surface area contributed by atoms with E-state index in [1.807, 2.05) is 39.0 Å². The van der Waals surface area contributed by atoms with E-state index in [4.69, 9.17) is 4.74 Å². The molecule has 0 atom stereocenters. The molecule has 0 spiro atoms. The summed E-state index contributed by atoms with van der Waals surface area (Å²) in [6.45, 7) is 6.63. The number of hydrogen-bond acceptors (Lipinski definition) is 4. The zero-order chi connectivity index (χ0) is 15.8. The molecule has 0 radical (unpaired) electrons. The number of ether oxygens (including phenoxy) is 2. The third-order valence-corrected chi connectivity index (χ3v) is 3.24. The van der Waals surface area contributed by atoms with E-state index in [9.17, 15) is 9.59 Å². The number of carbonyl (C=O) groups excluding carboxylic acids is 2. The average Bonchev–Trinajstić information content (AvgIpc) is 2.48. The maximum atomic E-state index is 12.1. The van der Waals surface area contributed by atoms with Gasteiger partial charge in [-0.1, -0.05) is 12.1 Å². The van der Waals surface area contributed by atoms with Crippen molar-refractivity contribution in [1.29, 1.82) is 0 Å². The van der Waals surface area contributed by atoms with Crippen LogP contribution >= 0.6 is 0 Å². The zero-order valence-corrected chi connectivity index (χ0v) is 13.1. The Kier molecular flexibility index (Phi) is 6.72. The van der Waals surface area contributed by atoms with E-state index in [2.05, 4.69) is 4.74 Å². The van der Waals surface area contributed by atoms with Gasteiger partial charge in [-0.3, -0.25) is 9.59 Å². The SMILES string of the molecule is CCN(CCC(=O)OC)C(=O)COc1cc(C)ccc1C. The topological polar surface area (TPSA) is 55.8 Å². The van der Waals surface area contributed by atoms with E-state index in [0.29, 0.717) is 18.8 Å². The van der Waals surface area contributed by atoms with Gasteiger partial charge < -0.3 is 14.4 Å². The quantitative estimate of drug-likeness (QED) is 0.722. The summed E-state index contributed by atoms with van der Waals surface area (Å²) in [4.78, 5) is 24.8. The summed E-state index contributed by atoms with van der Waals surface area (Å²) in [5.41, 5.74) is 2.08. The molecule has 1 aromatic carbocycles. The summed E-state index contributed by atoms with van der Waals surface area (Å²) in [7, 11) is 1.34. The number of rotatable bonds is 7. The van der Waals surface area contributed by atoms with Crippen LogP contribution in [0.5, 0.6) is 5.75 Å². The summed E-state index contributed by atoms with van der Waals surface area (Å²) in [5.74, 6) is 0.256. The lowest BCUT2D eigenvalue weighted by Crippen LogP contribution is -2.36. The van der Waals surface area contributed by atoms with Gasteiger partial charge in [0.2, 0.25) is 0 Å². The Morgan fingerprint density at radius 1 is 1.24 bits per heavy atom. The summed E-state index contributed by atoms with van der Waals surface area (Å²) < 4.78 is 10.2. The molecule has 0 aliphatic rings. The second kappa shape index (κ2) is 8.29. The lowest BCUT2D eigenvalue weighted by atomic mass is 10.1. The lowest BCUT2D eigenvalue weighted by Gasteiger charge is -2.20. The van der Waals surface area contributed by atoms with Gasteiger partial charge in [-0.05, 0) is 38.0 Å². The maximum Gasteiger partial charge on any atom is 0.307 e. The van der Waals surface area contributed by atoms with E-state index in [1.54, 1.807) is 4.90 Å². The van der Waals surface area contributed by atoms with Gasteiger partial charge in [-0.2, -0.15) is 0 Å². The van der Waals surface area contributed by atoms with Crippen molar-refractivity contribution >= 4 is 11.9 Å². The molecule has 0 saturated heterocycles. The number of benzene rings is 1. The van der Waals surface area contributed by atoms with E-state index in [1.165, 1.54) is 7.11 Å². The van der Waals surface area contributed by atoms with Crippen molar-refractivity contribution < 1.29 is 19.1 Å². The Morgan fingerprint density at radius 2 is 1.95 bits per heavy atom. The number of esters is 1. The Hall–Kier alpha value is -2.04. The van der Waals surface area contributed by atoms with Gasteiger partial charge in [0.05, 0.1) is 13.5 Å². The molecule has 0 aromatic heterocycles. The second-order valence-corrected chi connectivity index (χ2v) is 4.86. The maximum absolute atomic E-state index is 12.1. The smallest absolute Gasteiger partial charge is 0.307 e. The van der Waals surface area contributed by atoms with E-state index in [-0.39, 0.29) is 24.9 Å². The highest BCUT2D eigenvalue weighted by atomic mass is 16.5. The third kappa shape index (κ3) is 5.45. The Bertz CT molecular complexity index is 499. The van der Waals surface area contributed by atoms with E-state index < -0.39 is 0 Å². The molecule has 1 amide bonds. The van der Waals surface area contributed by atoms with Gasteiger partial charge in [0.1, 0.15) is 5.75 Å². The first-order chi connectivity index (χ1) is 9.97. The summed E-state index contributed by atoms with van der Waals surface area (Å²) in [6.07, 6.45) is 0.194. The fourth-order valence-corrected chi connectivity index (χ4v) is 1.88. The number of carbonyl (C=O) groups is 2. The monoisotopic (exact) mass is 293 g/mol. The highest BCUT2D eigenvalue weighted by Crippen LogP contribution is 2.19. The lowest BCUT2D eigenvalue weighted by molar-refractivity contribution is -0.142. The highest BCUT2D eigenvalue weighted by Gasteiger charge is 2.14. The molecule has 0 N–H and O–H groups in total. The van der Waals surface area contributed by atoms with Crippen molar-refractivity contribution in [1.82, 2.24) is 4.90 Å². The summed E-state index contributed by atoms with van der Waals surface area (Å²) in [6, 6.07) is 5.87. The number of aryl methyl sites for hydroxylation is 2. The number of methoxy groups -OCH3 is 1. The molecule has 0 aliphatic heterocycles. The van der Waals surface area contributed by atoms with Crippen molar-refractivity contribution in [2.75, 3.05) is 26.8 Å². The van der Waals surface area contributed by atoms with Gasteiger partial charge in [0.15, 0.2) is 6.61 Å².